The Bertz CT molecular complexity index is 654. The second-order valence-corrected chi connectivity index (χ2v) is 5.93. The monoisotopic (exact) mass is 343 g/mol. The summed E-state index contributed by atoms with van der Waals surface area (Å²) in [5.41, 5.74) is 1.34. The molecule has 0 unspecified atom stereocenters. The van der Waals surface area contributed by atoms with Crippen LogP contribution < -0.4 is 8.61 Å². The molecule has 2 aromatic rings. The van der Waals surface area contributed by atoms with Crippen LogP contribution >= 0.6 is 12.1 Å². The van der Waals surface area contributed by atoms with Crippen molar-refractivity contribution in [1.29, 1.82) is 0 Å². The lowest BCUT2D eigenvalue weighted by molar-refractivity contribution is -0.0740. The second kappa shape index (κ2) is 7.37. The molecule has 0 saturated carbocycles. The Balaban J connectivity index is 1.95. The number of nitrogens with zero attached hydrogens (tertiary/aromatic N) is 3. The number of hydrogen-bond donors (Lipinski definition) is 0. The summed E-state index contributed by atoms with van der Waals surface area (Å²) >= 11 is 1.04. The van der Waals surface area contributed by atoms with E-state index in [1.54, 1.807) is 0 Å². The topological polar surface area (TPSA) is 53.1 Å². The lowest BCUT2D eigenvalue weighted by atomic mass is 10.3. The molecule has 1 fully saturated rings. The molecule has 0 bridgehead atoms. The maximum absolute atomic E-state index is 12.7. The van der Waals surface area contributed by atoms with Gasteiger partial charge in [0.05, 0.1) is 30.1 Å². The largest absolute Gasteiger partial charge is 0.369 e. The number of hydroxylamine groups is 2. The van der Waals surface area contributed by atoms with E-state index in [9.17, 15) is 9.59 Å². The fraction of sp³-hybridized carbons (Fsp3) is 0.176. The van der Waals surface area contributed by atoms with E-state index in [0.717, 1.165) is 17.2 Å². The maximum Gasteiger partial charge on any atom is 0.369 e. The summed E-state index contributed by atoms with van der Waals surface area (Å²) in [6, 6.07) is 17.3. The van der Waals surface area contributed by atoms with E-state index in [1.807, 2.05) is 67.6 Å². The summed E-state index contributed by atoms with van der Waals surface area (Å²) in [5.74, 6) is 0. The van der Waals surface area contributed by atoms with Crippen LogP contribution in [0, 0.1) is 0 Å². The van der Waals surface area contributed by atoms with E-state index in [2.05, 4.69) is 0 Å². The summed E-state index contributed by atoms with van der Waals surface area (Å²) in [4.78, 5) is 30.8. The van der Waals surface area contributed by atoms with Gasteiger partial charge in [-0.25, -0.2) is 18.2 Å². The van der Waals surface area contributed by atoms with E-state index >= 15 is 0 Å². The summed E-state index contributed by atoms with van der Waals surface area (Å²) in [5, 5.41) is 0.819. The molecule has 0 N–H and O–H groups in total. The molecular formula is C17H17N3O3S. The molecule has 7 heteroatoms. The number of hydrogen-bond acceptors (Lipinski definition) is 4. The highest BCUT2D eigenvalue weighted by molar-refractivity contribution is 8.03. The normalized spacial score (nSPS) is 15.1. The first-order valence-electron chi connectivity index (χ1n) is 7.61. The van der Waals surface area contributed by atoms with Crippen LogP contribution in [0.3, 0.4) is 0 Å². The number of carbonyl (C=O) groups is 2. The molecule has 0 aliphatic carbocycles. The van der Waals surface area contributed by atoms with Gasteiger partial charge in [-0.05, 0) is 30.7 Å². The Kier molecular flexibility index (Phi) is 5.02. The molecule has 3 rings (SSSR count). The van der Waals surface area contributed by atoms with Crippen LogP contribution in [0.4, 0.5) is 21.0 Å². The Labute approximate surface area is 144 Å². The third-order valence-electron chi connectivity index (χ3n) is 3.26. The predicted molar refractivity (Wildman–Crippen MR) is 94.3 cm³/mol. The van der Waals surface area contributed by atoms with Crippen LogP contribution in [0.2, 0.25) is 0 Å². The van der Waals surface area contributed by atoms with Gasteiger partial charge < -0.3 is 0 Å². The molecule has 1 saturated heterocycles. The number of carbonyl (C=O) groups excluding carboxylic acids is 2. The number of amides is 4. The lowest BCUT2D eigenvalue weighted by Crippen LogP contribution is -2.54. The van der Waals surface area contributed by atoms with Gasteiger partial charge in [0.15, 0.2) is 0 Å². The molecule has 6 nitrogen and oxygen atoms in total. The van der Waals surface area contributed by atoms with Crippen LogP contribution in [0.15, 0.2) is 60.7 Å². The highest BCUT2D eigenvalue weighted by atomic mass is 32.2. The van der Waals surface area contributed by atoms with Gasteiger partial charge in [0.25, 0.3) is 0 Å². The quantitative estimate of drug-likeness (QED) is 0.752. The van der Waals surface area contributed by atoms with E-state index in [4.69, 9.17) is 4.84 Å². The van der Waals surface area contributed by atoms with Crippen molar-refractivity contribution in [1.82, 2.24) is 5.06 Å². The molecule has 1 aliphatic rings. The average Bonchev–Trinajstić information content (AvgIpc) is 2.63. The van der Waals surface area contributed by atoms with Crippen LogP contribution in [0.25, 0.3) is 0 Å². The fourth-order valence-corrected chi connectivity index (χ4v) is 3.02. The van der Waals surface area contributed by atoms with Crippen molar-refractivity contribution < 1.29 is 14.4 Å². The van der Waals surface area contributed by atoms with Crippen molar-refractivity contribution in [2.45, 2.75) is 13.3 Å². The third-order valence-corrected chi connectivity index (χ3v) is 4.32. The summed E-state index contributed by atoms with van der Waals surface area (Å²) in [6.45, 7) is 2.20. The van der Waals surface area contributed by atoms with Crippen molar-refractivity contribution >= 4 is 35.6 Å². The van der Waals surface area contributed by atoms with Gasteiger partial charge in [-0.1, -0.05) is 43.3 Å². The van der Waals surface area contributed by atoms with E-state index in [1.165, 1.54) is 8.61 Å². The highest BCUT2D eigenvalue weighted by Gasteiger charge is 2.41. The van der Waals surface area contributed by atoms with E-state index in [0.29, 0.717) is 17.8 Å². The Morgan fingerprint density at radius 1 is 0.833 bits per heavy atom. The van der Waals surface area contributed by atoms with Gasteiger partial charge in [-0.2, -0.15) is 0 Å². The number of para-hydroxylation sites is 2. The Hall–Kier alpha value is -2.51. The van der Waals surface area contributed by atoms with Gasteiger partial charge in [0.2, 0.25) is 0 Å². The lowest BCUT2D eigenvalue weighted by Gasteiger charge is -2.37. The summed E-state index contributed by atoms with van der Waals surface area (Å²) in [6.07, 6.45) is 0.695. The smallest absolute Gasteiger partial charge is 0.261 e. The molecule has 1 aliphatic heterocycles. The Morgan fingerprint density at radius 3 is 1.71 bits per heavy atom. The number of imide groups is 1. The van der Waals surface area contributed by atoms with Gasteiger partial charge in [0, 0.05) is 0 Å². The maximum atomic E-state index is 12.7. The van der Waals surface area contributed by atoms with Crippen LogP contribution in [0.5, 0.6) is 0 Å². The molecule has 0 radical (unpaired) electrons. The SMILES string of the molecule is CCCON1C(=O)N(c2ccccc2)SN(c2ccccc2)C1=O. The van der Waals surface area contributed by atoms with Gasteiger partial charge in [-0.15, -0.1) is 5.06 Å². The summed E-state index contributed by atoms with van der Waals surface area (Å²) < 4.78 is 2.87. The molecule has 24 heavy (non-hydrogen) atoms. The average molecular weight is 343 g/mol. The standard InChI is InChI=1S/C17H17N3O3S/c1-2-13-23-18-16(21)19(14-9-5-3-6-10-14)24-20(17(18)22)15-11-7-4-8-12-15/h3-12H,2,13H2,1H3. The first kappa shape index (κ1) is 16.4. The third kappa shape index (κ3) is 3.22. The predicted octanol–water partition coefficient (Wildman–Crippen LogP) is 4.46. The van der Waals surface area contributed by atoms with E-state index in [-0.39, 0.29) is 6.61 Å². The minimum absolute atomic E-state index is 0.285. The molecule has 0 aromatic heterocycles. The number of urea groups is 2. The highest BCUT2D eigenvalue weighted by Crippen LogP contribution is 2.35. The number of benzene rings is 2. The van der Waals surface area contributed by atoms with Gasteiger partial charge >= 0.3 is 12.1 Å². The summed E-state index contributed by atoms with van der Waals surface area (Å²) in [7, 11) is 0. The van der Waals surface area contributed by atoms with Crippen LogP contribution in [-0.2, 0) is 4.84 Å². The van der Waals surface area contributed by atoms with Gasteiger partial charge in [0.1, 0.15) is 0 Å². The first-order valence-corrected chi connectivity index (χ1v) is 8.35. The van der Waals surface area contributed by atoms with Crippen molar-refractivity contribution in [3.05, 3.63) is 60.7 Å². The number of rotatable bonds is 5. The minimum Gasteiger partial charge on any atom is -0.261 e. The van der Waals surface area contributed by atoms with Crippen molar-refractivity contribution in [3.8, 4) is 0 Å². The van der Waals surface area contributed by atoms with Crippen LogP contribution in [-0.4, -0.2) is 23.7 Å². The molecule has 0 atom stereocenters. The zero-order valence-corrected chi connectivity index (χ0v) is 14.0. The molecule has 124 valence electrons. The zero-order chi connectivity index (χ0) is 16.9. The molecule has 1 heterocycles. The Morgan fingerprint density at radius 2 is 1.29 bits per heavy atom. The first-order chi connectivity index (χ1) is 11.7. The van der Waals surface area contributed by atoms with Gasteiger partial charge in [-0.3, -0.25) is 4.84 Å². The fourth-order valence-electron chi connectivity index (χ4n) is 2.13. The van der Waals surface area contributed by atoms with Crippen molar-refractivity contribution in [2.75, 3.05) is 15.2 Å². The minimum atomic E-state index is -0.517. The number of anilines is 2. The molecule has 0 spiro atoms. The van der Waals surface area contributed by atoms with Crippen LogP contribution in [0.1, 0.15) is 13.3 Å². The van der Waals surface area contributed by atoms with E-state index < -0.39 is 12.1 Å². The molecular weight excluding hydrogens is 326 g/mol. The second-order valence-electron chi connectivity index (χ2n) is 5.03. The van der Waals surface area contributed by atoms with Crippen molar-refractivity contribution in [2.24, 2.45) is 0 Å². The molecule has 2 aromatic carbocycles. The zero-order valence-electron chi connectivity index (χ0n) is 13.2. The van der Waals surface area contributed by atoms with Crippen molar-refractivity contribution in [3.63, 3.8) is 0 Å². The molecule has 4 amide bonds.